The molecule has 0 unspecified atom stereocenters. The fraction of sp³-hybridized carbons (Fsp3) is 0.409. The van der Waals surface area contributed by atoms with Crippen LogP contribution in [0, 0.1) is 24.0 Å². The van der Waals surface area contributed by atoms with Crippen molar-refractivity contribution >= 4 is 17.3 Å². The van der Waals surface area contributed by atoms with Gasteiger partial charge in [0.1, 0.15) is 17.2 Å². The summed E-state index contributed by atoms with van der Waals surface area (Å²) >= 11 is 0. The second kappa shape index (κ2) is 9.13. The number of methoxy groups -OCH3 is 2. The van der Waals surface area contributed by atoms with E-state index in [0.29, 0.717) is 5.75 Å². The molecule has 1 amide bonds. The van der Waals surface area contributed by atoms with Crippen molar-refractivity contribution in [3.05, 3.63) is 57.1 Å². The van der Waals surface area contributed by atoms with Gasteiger partial charge < -0.3 is 14.8 Å². The highest BCUT2D eigenvalue weighted by Crippen LogP contribution is 2.38. The topological polar surface area (TPSA) is 93.9 Å². The van der Waals surface area contributed by atoms with E-state index in [0.717, 1.165) is 41.8 Å². The first kappa shape index (κ1) is 21.6. The maximum absolute atomic E-state index is 12.7. The number of carbonyl (C=O) groups excluding carboxylic acids is 1. The predicted molar refractivity (Wildman–Crippen MR) is 114 cm³/mol. The molecule has 0 aromatic heterocycles. The van der Waals surface area contributed by atoms with Crippen LogP contribution in [0.25, 0.3) is 0 Å². The largest absolute Gasteiger partial charge is 0.497 e. The molecule has 0 saturated carbocycles. The smallest absolute Gasteiger partial charge is 0.293 e. The number of anilines is 1. The summed E-state index contributed by atoms with van der Waals surface area (Å²) in [4.78, 5) is 25.7. The van der Waals surface area contributed by atoms with Crippen molar-refractivity contribution < 1.29 is 19.2 Å². The number of benzene rings is 2. The fourth-order valence-electron chi connectivity index (χ4n) is 3.89. The van der Waals surface area contributed by atoms with E-state index in [-0.39, 0.29) is 29.9 Å². The van der Waals surface area contributed by atoms with E-state index >= 15 is 0 Å². The number of aryl methyl sites for hydroxylation is 2. The number of likely N-dealkylation sites (tertiary alicyclic amines) is 1. The van der Waals surface area contributed by atoms with E-state index < -0.39 is 4.92 Å². The molecule has 0 spiro atoms. The molecular weight excluding hydrogens is 386 g/mol. The zero-order valence-corrected chi connectivity index (χ0v) is 17.7. The maximum Gasteiger partial charge on any atom is 0.293 e. The number of hydrogen-bond donors (Lipinski definition) is 1. The molecule has 0 bridgehead atoms. The standard InChI is InChI=1S/C22H27N3O5/c1-14-10-18(20(25(27)28)11-15(14)2)23-22(26)13-24-9-5-6-19(24)17-8-7-16(29-3)12-21(17)30-4/h7-8,10-12,19H,5-6,9,13H2,1-4H3,(H,23,26)/t19-/m1/s1. The Morgan fingerprint density at radius 1 is 1.20 bits per heavy atom. The van der Waals surface area contributed by atoms with Gasteiger partial charge in [0.15, 0.2) is 0 Å². The Morgan fingerprint density at radius 3 is 2.60 bits per heavy atom. The third kappa shape index (κ3) is 4.54. The first-order chi connectivity index (χ1) is 14.3. The lowest BCUT2D eigenvalue weighted by Crippen LogP contribution is -2.33. The summed E-state index contributed by atoms with van der Waals surface area (Å²) in [5, 5.41) is 14.1. The number of nitrogens with zero attached hydrogens (tertiary/aromatic N) is 2. The van der Waals surface area contributed by atoms with Crippen molar-refractivity contribution in [3.63, 3.8) is 0 Å². The van der Waals surface area contributed by atoms with Crippen LogP contribution < -0.4 is 14.8 Å². The third-order valence-electron chi connectivity index (χ3n) is 5.59. The van der Waals surface area contributed by atoms with Crippen LogP contribution >= 0.6 is 0 Å². The first-order valence-electron chi connectivity index (χ1n) is 9.85. The van der Waals surface area contributed by atoms with Crippen molar-refractivity contribution in [1.29, 1.82) is 0 Å². The zero-order valence-electron chi connectivity index (χ0n) is 17.7. The van der Waals surface area contributed by atoms with E-state index in [1.54, 1.807) is 20.3 Å². The Balaban J connectivity index is 1.77. The van der Waals surface area contributed by atoms with Gasteiger partial charge in [0.05, 0.1) is 25.7 Å². The highest BCUT2D eigenvalue weighted by Gasteiger charge is 2.30. The molecule has 8 nitrogen and oxygen atoms in total. The Bertz CT molecular complexity index is 960. The number of carbonyl (C=O) groups is 1. The quantitative estimate of drug-likeness (QED) is 0.545. The Morgan fingerprint density at radius 2 is 1.93 bits per heavy atom. The zero-order chi connectivity index (χ0) is 21.8. The fourth-order valence-corrected chi connectivity index (χ4v) is 3.89. The maximum atomic E-state index is 12.7. The van der Waals surface area contributed by atoms with Gasteiger partial charge in [-0.1, -0.05) is 6.07 Å². The third-order valence-corrected chi connectivity index (χ3v) is 5.59. The summed E-state index contributed by atoms with van der Waals surface area (Å²) in [6.45, 7) is 4.58. The molecule has 1 aliphatic rings. The molecule has 1 N–H and O–H groups in total. The van der Waals surface area contributed by atoms with Crippen LogP contribution in [0.4, 0.5) is 11.4 Å². The van der Waals surface area contributed by atoms with Crippen LogP contribution in [0.5, 0.6) is 11.5 Å². The Kier molecular flexibility index (Phi) is 6.56. The molecule has 1 aliphatic heterocycles. The molecule has 8 heteroatoms. The van der Waals surface area contributed by atoms with Gasteiger partial charge in [-0.3, -0.25) is 19.8 Å². The normalized spacial score (nSPS) is 16.3. The summed E-state index contributed by atoms with van der Waals surface area (Å²) in [5.74, 6) is 1.15. The molecule has 30 heavy (non-hydrogen) atoms. The molecule has 1 saturated heterocycles. The number of rotatable bonds is 7. The molecule has 0 aliphatic carbocycles. The lowest BCUT2D eigenvalue weighted by molar-refractivity contribution is -0.384. The van der Waals surface area contributed by atoms with Gasteiger partial charge >= 0.3 is 0 Å². The molecule has 3 rings (SSSR count). The summed E-state index contributed by atoms with van der Waals surface area (Å²) in [6, 6.07) is 8.86. The minimum Gasteiger partial charge on any atom is -0.497 e. The van der Waals surface area contributed by atoms with Crippen molar-refractivity contribution in [2.75, 3.05) is 32.6 Å². The SMILES string of the molecule is COc1ccc([C@H]2CCCN2CC(=O)Nc2cc(C)c(C)cc2[N+](=O)[O-])c(OC)c1. The van der Waals surface area contributed by atoms with Gasteiger partial charge in [0.2, 0.25) is 5.91 Å². The predicted octanol–water partition coefficient (Wildman–Crippen LogP) is 4.00. The number of ether oxygens (including phenoxy) is 2. The summed E-state index contributed by atoms with van der Waals surface area (Å²) in [7, 11) is 3.22. The average Bonchev–Trinajstić information content (AvgIpc) is 3.17. The van der Waals surface area contributed by atoms with Gasteiger partial charge in [-0.25, -0.2) is 0 Å². The summed E-state index contributed by atoms with van der Waals surface area (Å²) < 4.78 is 10.8. The van der Waals surface area contributed by atoms with Gasteiger partial charge in [0, 0.05) is 23.7 Å². The van der Waals surface area contributed by atoms with Crippen LogP contribution in [-0.2, 0) is 4.79 Å². The van der Waals surface area contributed by atoms with E-state index in [9.17, 15) is 14.9 Å². The molecule has 2 aromatic carbocycles. The van der Waals surface area contributed by atoms with Crippen molar-refractivity contribution in [3.8, 4) is 11.5 Å². The van der Waals surface area contributed by atoms with Crippen LogP contribution in [-0.4, -0.2) is 43.0 Å². The molecule has 1 heterocycles. The van der Waals surface area contributed by atoms with E-state index in [1.165, 1.54) is 6.07 Å². The summed E-state index contributed by atoms with van der Waals surface area (Å²) in [6.07, 6.45) is 1.86. The van der Waals surface area contributed by atoms with E-state index in [4.69, 9.17) is 9.47 Å². The Labute approximate surface area is 175 Å². The number of nitro benzene ring substituents is 1. The molecule has 160 valence electrons. The second-order valence-corrected chi connectivity index (χ2v) is 7.50. The highest BCUT2D eigenvalue weighted by molar-refractivity contribution is 5.94. The van der Waals surface area contributed by atoms with Crippen LogP contribution in [0.15, 0.2) is 30.3 Å². The highest BCUT2D eigenvalue weighted by atomic mass is 16.6. The van der Waals surface area contributed by atoms with Gasteiger partial charge in [-0.2, -0.15) is 0 Å². The van der Waals surface area contributed by atoms with Crippen molar-refractivity contribution in [2.45, 2.75) is 32.7 Å². The number of hydrogen-bond acceptors (Lipinski definition) is 6. The average molecular weight is 413 g/mol. The monoisotopic (exact) mass is 413 g/mol. The second-order valence-electron chi connectivity index (χ2n) is 7.50. The number of amides is 1. The molecular formula is C22H27N3O5. The van der Waals surface area contributed by atoms with Gasteiger partial charge in [-0.15, -0.1) is 0 Å². The van der Waals surface area contributed by atoms with Gasteiger partial charge in [0.25, 0.3) is 5.69 Å². The molecule has 2 aromatic rings. The lowest BCUT2D eigenvalue weighted by atomic mass is 10.0. The number of nitro groups is 1. The summed E-state index contributed by atoms with van der Waals surface area (Å²) in [5.41, 5.74) is 2.83. The molecule has 1 atom stereocenters. The van der Waals surface area contributed by atoms with Crippen LogP contribution in [0.1, 0.15) is 35.6 Å². The van der Waals surface area contributed by atoms with Crippen molar-refractivity contribution in [2.24, 2.45) is 0 Å². The first-order valence-corrected chi connectivity index (χ1v) is 9.85. The lowest BCUT2D eigenvalue weighted by Gasteiger charge is -2.26. The molecule has 1 fully saturated rings. The molecule has 0 radical (unpaired) electrons. The number of nitrogens with one attached hydrogen (secondary N) is 1. The van der Waals surface area contributed by atoms with E-state index in [2.05, 4.69) is 10.2 Å². The van der Waals surface area contributed by atoms with E-state index in [1.807, 2.05) is 32.0 Å². The van der Waals surface area contributed by atoms with Crippen LogP contribution in [0.2, 0.25) is 0 Å². The Hall–Kier alpha value is -3.13. The minimum absolute atomic E-state index is 0.0337. The van der Waals surface area contributed by atoms with Crippen molar-refractivity contribution in [1.82, 2.24) is 4.90 Å². The van der Waals surface area contributed by atoms with Gasteiger partial charge in [-0.05, 0) is 56.5 Å². The van der Waals surface area contributed by atoms with Crippen LogP contribution in [0.3, 0.4) is 0 Å². The minimum atomic E-state index is -0.469.